The second-order valence-corrected chi connectivity index (χ2v) is 7.73. The fourth-order valence-electron chi connectivity index (χ4n) is 3.98. The van der Waals surface area contributed by atoms with Gasteiger partial charge < -0.3 is 14.2 Å². The Balaban J connectivity index is 0.00000119. The smallest absolute Gasteiger partial charge is 0.136 e. The first-order valence-corrected chi connectivity index (χ1v) is 11.1. The standard InChI is InChI=1S/C25H22N4O.C2H6/c1-28-10-12-29(13-11-28)22-5-4-18-14-20(3-2-19(18)15-22)24-6-7-25(30-24)23-8-9-27-17-21(23)16-26;1-2/h2-9,14-15,17H,10-13H2,1H3;1-2H3. The molecule has 1 fully saturated rings. The number of nitriles is 1. The predicted octanol–water partition coefficient (Wildman–Crippen LogP) is 5.81. The summed E-state index contributed by atoms with van der Waals surface area (Å²) >= 11 is 0. The first kappa shape index (κ1) is 21.6. The van der Waals surface area contributed by atoms with Crippen molar-refractivity contribution in [3.63, 3.8) is 0 Å². The normalized spacial score (nSPS) is 14.0. The van der Waals surface area contributed by atoms with Crippen molar-refractivity contribution in [1.29, 1.82) is 5.26 Å². The van der Waals surface area contributed by atoms with Crippen LogP contribution in [-0.2, 0) is 0 Å². The summed E-state index contributed by atoms with van der Waals surface area (Å²) in [5.41, 5.74) is 3.57. The van der Waals surface area contributed by atoms with Crippen LogP contribution < -0.4 is 4.90 Å². The number of anilines is 1. The fourth-order valence-corrected chi connectivity index (χ4v) is 3.98. The SMILES string of the molecule is CC.CN1CCN(c2ccc3cc(-c4ccc(-c5ccncc5C#N)o4)ccc3c2)CC1. The van der Waals surface area contributed by atoms with Crippen LogP contribution in [0.5, 0.6) is 0 Å². The Kier molecular flexibility index (Phi) is 6.53. The molecule has 0 amide bonds. The third-order valence-corrected chi connectivity index (χ3v) is 5.79. The predicted molar refractivity (Wildman–Crippen MR) is 131 cm³/mol. The van der Waals surface area contributed by atoms with Gasteiger partial charge in [0.2, 0.25) is 0 Å². The van der Waals surface area contributed by atoms with Gasteiger partial charge in [-0.3, -0.25) is 4.98 Å². The summed E-state index contributed by atoms with van der Waals surface area (Å²) in [7, 11) is 2.18. The number of likely N-dealkylation sites (N-methyl/N-ethyl adjacent to an activating group) is 1. The maximum atomic E-state index is 9.31. The lowest BCUT2D eigenvalue weighted by Crippen LogP contribution is -2.44. The molecule has 1 aliphatic rings. The number of nitrogens with zero attached hydrogens (tertiary/aromatic N) is 4. The number of pyridine rings is 1. The van der Waals surface area contributed by atoms with Gasteiger partial charge in [-0.1, -0.05) is 32.0 Å². The molecular formula is C27H28N4O. The van der Waals surface area contributed by atoms with E-state index in [-0.39, 0.29) is 0 Å². The second-order valence-electron chi connectivity index (χ2n) is 7.73. The first-order chi connectivity index (χ1) is 15.7. The average Bonchev–Trinajstić information content (AvgIpc) is 3.35. The molecule has 5 rings (SSSR count). The largest absolute Gasteiger partial charge is 0.456 e. The molecule has 2 aromatic carbocycles. The van der Waals surface area contributed by atoms with Crippen LogP contribution in [0.25, 0.3) is 33.4 Å². The molecule has 1 saturated heterocycles. The Labute approximate surface area is 189 Å². The third kappa shape index (κ3) is 4.37. The van der Waals surface area contributed by atoms with Gasteiger partial charge in [0.25, 0.3) is 0 Å². The lowest BCUT2D eigenvalue weighted by Gasteiger charge is -2.34. The van der Waals surface area contributed by atoms with Crippen LogP contribution in [0.1, 0.15) is 19.4 Å². The quantitative estimate of drug-likeness (QED) is 0.415. The van der Waals surface area contributed by atoms with Gasteiger partial charge in [-0.2, -0.15) is 5.26 Å². The Morgan fingerprint density at radius 2 is 1.59 bits per heavy atom. The van der Waals surface area contributed by atoms with Crippen LogP contribution in [0.4, 0.5) is 5.69 Å². The summed E-state index contributed by atoms with van der Waals surface area (Å²) in [5, 5.41) is 11.7. The zero-order valence-corrected chi connectivity index (χ0v) is 18.9. The van der Waals surface area contributed by atoms with E-state index in [0.717, 1.165) is 43.1 Å². The van der Waals surface area contributed by atoms with Crippen LogP contribution in [0.15, 0.2) is 71.4 Å². The van der Waals surface area contributed by atoms with Crippen molar-refractivity contribution in [2.75, 3.05) is 38.1 Å². The van der Waals surface area contributed by atoms with Crippen LogP contribution in [-0.4, -0.2) is 43.1 Å². The number of fused-ring (bicyclic) bond motifs is 1. The van der Waals surface area contributed by atoms with Crippen LogP contribution in [0, 0.1) is 11.3 Å². The van der Waals surface area contributed by atoms with Gasteiger partial charge in [0.1, 0.15) is 17.6 Å². The van der Waals surface area contributed by atoms with Crippen LogP contribution in [0.3, 0.4) is 0 Å². The van der Waals surface area contributed by atoms with Gasteiger partial charge in [-0.15, -0.1) is 0 Å². The molecule has 0 atom stereocenters. The summed E-state index contributed by atoms with van der Waals surface area (Å²) in [5.74, 6) is 1.46. The molecule has 4 aromatic rings. The number of furan rings is 1. The minimum Gasteiger partial charge on any atom is -0.456 e. The maximum absolute atomic E-state index is 9.31. The van der Waals surface area contributed by atoms with Crippen molar-refractivity contribution in [2.45, 2.75) is 13.8 Å². The van der Waals surface area contributed by atoms with Crippen molar-refractivity contribution in [3.8, 4) is 28.7 Å². The van der Waals surface area contributed by atoms with E-state index >= 15 is 0 Å². The number of benzene rings is 2. The van der Waals surface area contributed by atoms with Gasteiger partial charge in [0, 0.05) is 55.4 Å². The van der Waals surface area contributed by atoms with Crippen molar-refractivity contribution in [2.24, 2.45) is 0 Å². The third-order valence-electron chi connectivity index (χ3n) is 5.79. The molecule has 32 heavy (non-hydrogen) atoms. The molecule has 0 aliphatic carbocycles. The highest BCUT2D eigenvalue weighted by Crippen LogP contribution is 2.32. The van der Waals surface area contributed by atoms with E-state index < -0.39 is 0 Å². The van der Waals surface area contributed by atoms with Gasteiger partial charge in [-0.05, 0) is 54.2 Å². The molecule has 5 nitrogen and oxygen atoms in total. The molecule has 5 heteroatoms. The highest BCUT2D eigenvalue weighted by atomic mass is 16.3. The molecule has 162 valence electrons. The van der Waals surface area contributed by atoms with Crippen LogP contribution >= 0.6 is 0 Å². The molecule has 0 unspecified atom stereocenters. The molecule has 0 saturated carbocycles. The number of rotatable bonds is 3. The minimum atomic E-state index is 0.508. The van der Waals surface area contributed by atoms with Crippen molar-refractivity contribution >= 4 is 16.5 Å². The van der Waals surface area contributed by atoms with Gasteiger partial charge >= 0.3 is 0 Å². The highest BCUT2D eigenvalue weighted by molar-refractivity contribution is 5.89. The highest BCUT2D eigenvalue weighted by Gasteiger charge is 2.15. The van der Waals surface area contributed by atoms with E-state index in [2.05, 4.69) is 64.3 Å². The maximum Gasteiger partial charge on any atom is 0.136 e. The van der Waals surface area contributed by atoms with Gasteiger partial charge in [0.05, 0.1) is 5.56 Å². The van der Waals surface area contributed by atoms with E-state index in [4.69, 9.17) is 4.42 Å². The second kappa shape index (κ2) is 9.67. The number of piperazine rings is 1. The van der Waals surface area contributed by atoms with Gasteiger partial charge in [-0.25, -0.2) is 0 Å². The van der Waals surface area contributed by atoms with E-state index in [0.29, 0.717) is 11.3 Å². The minimum absolute atomic E-state index is 0.508. The summed E-state index contributed by atoms with van der Waals surface area (Å²) < 4.78 is 6.08. The molecule has 3 heterocycles. The average molecular weight is 425 g/mol. The van der Waals surface area contributed by atoms with Crippen molar-refractivity contribution in [3.05, 3.63) is 72.6 Å². The van der Waals surface area contributed by atoms with Crippen molar-refractivity contribution in [1.82, 2.24) is 9.88 Å². The Morgan fingerprint density at radius 1 is 0.875 bits per heavy atom. The summed E-state index contributed by atoms with van der Waals surface area (Å²) in [4.78, 5) is 8.84. The first-order valence-electron chi connectivity index (χ1n) is 11.1. The zero-order chi connectivity index (χ0) is 22.5. The summed E-state index contributed by atoms with van der Waals surface area (Å²) in [6.07, 6.45) is 3.23. The Hall–Kier alpha value is -3.62. The topological polar surface area (TPSA) is 56.3 Å². The molecule has 0 spiro atoms. The van der Waals surface area contributed by atoms with Crippen molar-refractivity contribution < 1.29 is 4.42 Å². The molecular weight excluding hydrogens is 396 g/mol. The number of hydrogen-bond donors (Lipinski definition) is 0. The molecule has 0 N–H and O–H groups in total. The molecule has 0 radical (unpaired) electrons. The summed E-state index contributed by atoms with van der Waals surface area (Å²) in [6.45, 7) is 8.33. The van der Waals surface area contributed by atoms with E-state index in [1.54, 1.807) is 18.5 Å². The van der Waals surface area contributed by atoms with Crippen LogP contribution in [0.2, 0.25) is 0 Å². The lowest BCUT2D eigenvalue weighted by molar-refractivity contribution is 0.313. The summed E-state index contributed by atoms with van der Waals surface area (Å²) in [6, 6.07) is 20.9. The zero-order valence-electron chi connectivity index (χ0n) is 18.9. The molecule has 2 aromatic heterocycles. The lowest BCUT2D eigenvalue weighted by atomic mass is 10.0. The van der Waals surface area contributed by atoms with E-state index in [1.165, 1.54) is 16.5 Å². The Bertz CT molecular complexity index is 1250. The molecule has 1 aliphatic heterocycles. The fraction of sp³-hybridized carbons (Fsp3) is 0.259. The molecule has 0 bridgehead atoms. The van der Waals surface area contributed by atoms with Gasteiger partial charge in [0.15, 0.2) is 0 Å². The monoisotopic (exact) mass is 424 g/mol. The van der Waals surface area contributed by atoms with E-state index in [9.17, 15) is 5.26 Å². The van der Waals surface area contributed by atoms with E-state index in [1.807, 2.05) is 26.0 Å². The number of hydrogen-bond acceptors (Lipinski definition) is 5. The number of aromatic nitrogens is 1. The Morgan fingerprint density at radius 3 is 2.38 bits per heavy atom.